The highest BCUT2D eigenvalue weighted by Crippen LogP contribution is 2.21. The molecule has 0 bridgehead atoms. The van der Waals surface area contributed by atoms with Crippen molar-refractivity contribution in [1.82, 2.24) is 10.2 Å². The van der Waals surface area contributed by atoms with Crippen molar-refractivity contribution in [1.29, 1.82) is 0 Å². The summed E-state index contributed by atoms with van der Waals surface area (Å²) in [6, 6.07) is 10.6. The Labute approximate surface area is 126 Å². The number of nitrogens with zero attached hydrogens (tertiary/aromatic N) is 1. The molecule has 1 aromatic rings. The van der Waals surface area contributed by atoms with E-state index < -0.39 is 0 Å². The van der Waals surface area contributed by atoms with Gasteiger partial charge in [0.05, 0.1) is 0 Å². The van der Waals surface area contributed by atoms with Crippen LogP contribution in [0.4, 0.5) is 4.79 Å². The van der Waals surface area contributed by atoms with Crippen LogP contribution in [-0.4, -0.2) is 36.7 Å². The van der Waals surface area contributed by atoms with Crippen LogP contribution in [0.25, 0.3) is 0 Å². The lowest BCUT2D eigenvalue weighted by atomic mass is 9.98. The summed E-state index contributed by atoms with van der Waals surface area (Å²) in [7, 11) is 0. The lowest BCUT2D eigenvalue weighted by Gasteiger charge is -2.32. The summed E-state index contributed by atoms with van der Waals surface area (Å²) in [5, 5.41) is 3.56. The maximum Gasteiger partial charge on any atom is 0.410 e. The minimum absolute atomic E-state index is 0.171. The van der Waals surface area contributed by atoms with E-state index in [-0.39, 0.29) is 6.09 Å². The minimum atomic E-state index is -0.171. The molecular formula is C17H24N2O2. The molecular weight excluding hydrogens is 264 g/mol. The first kappa shape index (κ1) is 14.4. The summed E-state index contributed by atoms with van der Waals surface area (Å²) in [5.74, 6) is 0.573. The van der Waals surface area contributed by atoms with Gasteiger partial charge < -0.3 is 15.0 Å². The van der Waals surface area contributed by atoms with E-state index in [0.29, 0.717) is 12.5 Å². The first-order valence-electron chi connectivity index (χ1n) is 8.00. The van der Waals surface area contributed by atoms with Gasteiger partial charge in [0, 0.05) is 19.1 Å². The van der Waals surface area contributed by atoms with Crippen LogP contribution < -0.4 is 5.32 Å². The van der Waals surface area contributed by atoms with Crippen LogP contribution in [0.15, 0.2) is 30.3 Å². The van der Waals surface area contributed by atoms with E-state index in [1.165, 1.54) is 19.3 Å². The molecule has 2 aliphatic rings. The van der Waals surface area contributed by atoms with Gasteiger partial charge in [-0.3, -0.25) is 0 Å². The summed E-state index contributed by atoms with van der Waals surface area (Å²) < 4.78 is 5.42. The van der Waals surface area contributed by atoms with Crippen LogP contribution in [0.2, 0.25) is 0 Å². The molecule has 1 N–H and O–H groups in total. The predicted molar refractivity (Wildman–Crippen MR) is 81.9 cm³/mol. The Morgan fingerprint density at radius 2 is 2.05 bits per heavy atom. The van der Waals surface area contributed by atoms with Gasteiger partial charge in [0.15, 0.2) is 0 Å². The molecule has 1 amide bonds. The lowest BCUT2D eigenvalue weighted by molar-refractivity contribution is 0.0789. The third-order valence-corrected chi connectivity index (χ3v) is 4.25. The van der Waals surface area contributed by atoms with Gasteiger partial charge in [0.1, 0.15) is 6.61 Å². The molecule has 1 aliphatic heterocycles. The van der Waals surface area contributed by atoms with Crippen LogP contribution in [0.5, 0.6) is 0 Å². The number of benzene rings is 1. The molecule has 21 heavy (non-hydrogen) atoms. The summed E-state index contributed by atoms with van der Waals surface area (Å²) in [6.45, 7) is 3.05. The average Bonchev–Trinajstić information content (AvgIpc) is 3.36. The molecule has 1 saturated carbocycles. The topological polar surface area (TPSA) is 41.6 Å². The second-order valence-electron chi connectivity index (χ2n) is 6.18. The van der Waals surface area contributed by atoms with Crippen molar-refractivity contribution in [2.45, 2.75) is 38.3 Å². The van der Waals surface area contributed by atoms with Crippen LogP contribution in [0, 0.1) is 5.92 Å². The smallest absolute Gasteiger partial charge is 0.410 e. The number of likely N-dealkylation sites (tertiary alicyclic amines) is 1. The maximum atomic E-state index is 12.2. The monoisotopic (exact) mass is 288 g/mol. The average molecular weight is 288 g/mol. The number of carbonyl (C=O) groups is 1. The van der Waals surface area contributed by atoms with Gasteiger partial charge in [-0.25, -0.2) is 4.79 Å². The van der Waals surface area contributed by atoms with Gasteiger partial charge in [0.2, 0.25) is 0 Å². The normalized spacial score (nSPS) is 22.1. The number of ether oxygens (including phenoxy) is 1. The maximum absolute atomic E-state index is 12.2. The van der Waals surface area contributed by atoms with E-state index in [4.69, 9.17) is 4.74 Å². The zero-order chi connectivity index (χ0) is 14.5. The molecule has 1 atom stereocenters. The molecule has 3 rings (SSSR count). The SMILES string of the molecule is O=C(OCc1ccccc1)N1CCC[C@H](CNC2CC2)C1. The van der Waals surface area contributed by atoms with Crippen molar-refractivity contribution in [3.63, 3.8) is 0 Å². The highest BCUT2D eigenvalue weighted by molar-refractivity contribution is 5.67. The number of amides is 1. The van der Waals surface area contributed by atoms with Crippen LogP contribution in [-0.2, 0) is 11.3 Å². The van der Waals surface area contributed by atoms with Gasteiger partial charge in [-0.05, 0) is 43.7 Å². The molecule has 1 aliphatic carbocycles. The van der Waals surface area contributed by atoms with E-state index in [1.54, 1.807) is 0 Å². The predicted octanol–water partition coefficient (Wildman–Crippen LogP) is 2.79. The van der Waals surface area contributed by atoms with Gasteiger partial charge in [-0.2, -0.15) is 0 Å². The number of hydrogen-bond acceptors (Lipinski definition) is 3. The number of rotatable bonds is 5. The quantitative estimate of drug-likeness (QED) is 0.906. The lowest BCUT2D eigenvalue weighted by Crippen LogP contribution is -2.43. The number of carbonyl (C=O) groups excluding carboxylic acids is 1. The van der Waals surface area contributed by atoms with Crippen molar-refractivity contribution in [3.05, 3.63) is 35.9 Å². The number of nitrogens with one attached hydrogen (secondary N) is 1. The third-order valence-electron chi connectivity index (χ3n) is 4.25. The van der Waals surface area contributed by atoms with Gasteiger partial charge >= 0.3 is 6.09 Å². The summed E-state index contributed by atoms with van der Waals surface area (Å²) in [5.41, 5.74) is 1.04. The zero-order valence-electron chi connectivity index (χ0n) is 12.5. The van der Waals surface area contributed by atoms with E-state index in [1.807, 2.05) is 35.2 Å². The molecule has 0 spiro atoms. The summed E-state index contributed by atoms with van der Waals surface area (Å²) in [6.07, 6.45) is 4.75. The first-order valence-corrected chi connectivity index (χ1v) is 8.00. The van der Waals surface area contributed by atoms with Crippen molar-refractivity contribution in [2.24, 2.45) is 5.92 Å². The van der Waals surface area contributed by atoms with Crippen molar-refractivity contribution in [3.8, 4) is 0 Å². The molecule has 0 radical (unpaired) electrons. The third kappa shape index (κ3) is 4.46. The number of piperidine rings is 1. The Balaban J connectivity index is 1.42. The molecule has 4 nitrogen and oxygen atoms in total. The van der Waals surface area contributed by atoms with Crippen molar-refractivity contribution in [2.75, 3.05) is 19.6 Å². The van der Waals surface area contributed by atoms with Crippen molar-refractivity contribution < 1.29 is 9.53 Å². The minimum Gasteiger partial charge on any atom is -0.445 e. The molecule has 4 heteroatoms. The Bertz CT molecular complexity index is 459. The molecule has 2 fully saturated rings. The van der Waals surface area contributed by atoms with Crippen LogP contribution in [0.3, 0.4) is 0 Å². The number of hydrogen-bond donors (Lipinski definition) is 1. The molecule has 1 heterocycles. The Kier molecular flexibility index (Phi) is 4.76. The molecule has 0 aromatic heterocycles. The highest BCUT2D eigenvalue weighted by atomic mass is 16.6. The fourth-order valence-electron chi connectivity index (χ4n) is 2.83. The highest BCUT2D eigenvalue weighted by Gasteiger charge is 2.27. The van der Waals surface area contributed by atoms with E-state index in [0.717, 1.165) is 37.7 Å². The standard InChI is InChI=1S/C17H24N2O2/c20-17(21-13-14-5-2-1-3-6-14)19-10-4-7-15(12-19)11-18-16-8-9-16/h1-3,5-6,15-16,18H,4,7-13H2/t15-/m1/s1. The van der Waals surface area contributed by atoms with Crippen molar-refractivity contribution >= 4 is 6.09 Å². The van der Waals surface area contributed by atoms with E-state index >= 15 is 0 Å². The van der Waals surface area contributed by atoms with E-state index in [2.05, 4.69) is 5.32 Å². The Hall–Kier alpha value is -1.55. The molecule has 0 unspecified atom stereocenters. The van der Waals surface area contributed by atoms with Gasteiger partial charge in [-0.1, -0.05) is 30.3 Å². The second kappa shape index (κ2) is 6.94. The fraction of sp³-hybridized carbons (Fsp3) is 0.588. The first-order chi connectivity index (χ1) is 10.3. The molecule has 1 aromatic carbocycles. The Morgan fingerprint density at radius 1 is 1.24 bits per heavy atom. The summed E-state index contributed by atoms with van der Waals surface area (Å²) in [4.78, 5) is 14.0. The fourth-order valence-corrected chi connectivity index (χ4v) is 2.83. The van der Waals surface area contributed by atoms with Crippen LogP contribution >= 0.6 is 0 Å². The second-order valence-corrected chi connectivity index (χ2v) is 6.18. The molecule has 114 valence electrons. The zero-order valence-corrected chi connectivity index (χ0v) is 12.5. The van der Waals surface area contributed by atoms with Crippen LogP contribution in [0.1, 0.15) is 31.2 Å². The Morgan fingerprint density at radius 3 is 2.81 bits per heavy atom. The largest absolute Gasteiger partial charge is 0.445 e. The summed E-state index contributed by atoms with van der Waals surface area (Å²) >= 11 is 0. The van der Waals surface area contributed by atoms with Gasteiger partial charge in [0.25, 0.3) is 0 Å². The van der Waals surface area contributed by atoms with E-state index in [9.17, 15) is 4.79 Å². The van der Waals surface area contributed by atoms with Gasteiger partial charge in [-0.15, -0.1) is 0 Å². The molecule has 1 saturated heterocycles.